The van der Waals surface area contributed by atoms with E-state index in [1.54, 1.807) is 18.2 Å². The van der Waals surface area contributed by atoms with E-state index in [9.17, 15) is 4.39 Å². The van der Waals surface area contributed by atoms with Crippen molar-refractivity contribution in [3.63, 3.8) is 0 Å². The number of ether oxygens (including phenoxy) is 2. The number of hydrogen-bond acceptors (Lipinski definition) is 3. The van der Waals surface area contributed by atoms with Gasteiger partial charge in [0.15, 0.2) is 11.5 Å². The SMILES string of the molecule is Fc1cccc(Br)c1NCc1cc(Cl)c2c(c1)OCO2. The summed E-state index contributed by atoms with van der Waals surface area (Å²) < 4.78 is 24.9. The lowest BCUT2D eigenvalue weighted by atomic mass is 10.2. The molecular formula is C14H10BrClFNO2. The van der Waals surface area contributed by atoms with E-state index in [0.717, 1.165) is 5.56 Å². The lowest BCUT2D eigenvalue weighted by molar-refractivity contribution is 0.174. The molecule has 1 heterocycles. The Balaban J connectivity index is 1.81. The molecule has 0 unspecified atom stereocenters. The molecule has 2 aromatic rings. The Morgan fingerprint density at radius 3 is 2.95 bits per heavy atom. The number of fused-ring (bicyclic) bond motifs is 1. The maximum Gasteiger partial charge on any atom is 0.231 e. The van der Waals surface area contributed by atoms with Crippen LogP contribution in [0.15, 0.2) is 34.8 Å². The highest BCUT2D eigenvalue weighted by Crippen LogP contribution is 2.40. The van der Waals surface area contributed by atoms with E-state index in [2.05, 4.69) is 21.2 Å². The summed E-state index contributed by atoms with van der Waals surface area (Å²) >= 11 is 9.41. The molecule has 1 aliphatic heterocycles. The molecule has 0 aliphatic carbocycles. The maximum atomic E-state index is 13.7. The molecule has 1 N–H and O–H groups in total. The highest BCUT2D eigenvalue weighted by atomic mass is 79.9. The fraction of sp³-hybridized carbons (Fsp3) is 0.143. The molecule has 0 saturated carbocycles. The first-order chi connectivity index (χ1) is 9.65. The fourth-order valence-corrected chi connectivity index (χ4v) is 2.75. The van der Waals surface area contributed by atoms with Gasteiger partial charge in [-0.25, -0.2) is 4.39 Å². The van der Waals surface area contributed by atoms with Gasteiger partial charge < -0.3 is 14.8 Å². The van der Waals surface area contributed by atoms with Crippen molar-refractivity contribution in [2.24, 2.45) is 0 Å². The van der Waals surface area contributed by atoms with E-state index >= 15 is 0 Å². The minimum absolute atomic E-state index is 0.171. The lowest BCUT2D eigenvalue weighted by Crippen LogP contribution is -2.02. The van der Waals surface area contributed by atoms with E-state index in [4.69, 9.17) is 21.1 Å². The smallest absolute Gasteiger partial charge is 0.231 e. The van der Waals surface area contributed by atoms with Crippen LogP contribution in [0.25, 0.3) is 0 Å². The average Bonchev–Trinajstić information content (AvgIpc) is 2.87. The van der Waals surface area contributed by atoms with Crippen molar-refractivity contribution in [2.45, 2.75) is 6.54 Å². The van der Waals surface area contributed by atoms with E-state index in [0.29, 0.717) is 33.2 Å². The molecule has 1 aliphatic rings. The van der Waals surface area contributed by atoms with Crippen LogP contribution in [0.1, 0.15) is 5.56 Å². The van der Waals surface area contributed by atoms with Crippen LogP contribution < -0.4 is 14.8 Å². The summed E-state index contributed by atoms with van der Waals surface area (Å²) in [7, 11) is 0. The predicted octanol–water partition coefficient (Wildman–Crippen LogP) is 4.58. The average molecular weight is 359 g/mol. The summed E-state index contributed by atoms with van der Waals surface area (Å²) in [6.07, 6.45) is 0. The molecule has 0 aromatic heterocycles. The Morgan fingerprint density at radius 1 is 1.30 bits per heavy atom. The number of para-hydroxylation sites is 1. The molecule has 2 aromatic carbocycles. The number of benzene rings is 2. The van der Waals surface area contributed by atoms with Gasteiger partial charge in [0.25, 0.3) is 0 Å². The third kappa shape index (κ3) is 2.55. The Morgan fingerprint density at radius 2 is 2.15 bits per heavy atom. The zero-order chi connectivity index (χ0) is 14.1. The monoisotopic (exact) mass is 357 g/mol. The first-order valence-corrected chi connectivity index (χ1v) is 7.08. The summed E-state index contributed by atoms with van der Waals surface area (Å²) in [5.74, 6) is 0.857. The minimum atomic E-state index is -0.314. The number of hydrogen-bond donors (Lipinski definition) is 1. The number of anilines is 1. The molecule has 0 amide bonds. The molecule has 3 nitrogen and oxygen atoms in total. The van der Waals surface area contributed by atoms with Crippen LogP contribution in [-0.4, -0.2) is 6.79 Å². The molecule has 0 fully saturated rings. The van der Waals surface area contributed by atoms with Crippen molar-refractivity contribution in [1.82, 2.24) is 0 Å². The second-order valence-corrected chi connectivity index (χ2v) is 5.52. The van der Waals surface area contributed by atoms with Crippen LogP contribution in [0.4, 0.5) is 10.1 Å². The van der Waals surface area contributed by atoms with Crippen molar-refractivity contribution in [1.29, 1.82) is 0 Å². The highest BCUT2D eigenvalue weighted by molar-refractivity contribution is 9.10. The summed E-state index contributed by atoms with van der Waals surface area (Å²) in [5.41, 5.74) is 1.30. The molecule has 0 saturated heterocycles. The lowest BCUT2D eigenvalue weighted by Gasteiger charge is -2.10. The quantitative estimate of drug-likeness (QED) is 0.871. The van der Waals surface area contributed by atoms with Crippen molar-refractivity contribution >= 4 is 33.2 Å². The second-order valence-electron chi connectivity index (χ2n) is 4.26. The van der Waals surface area contributed by atoms with Crippen LogP contribution in [0.2, 0.25) is 5.02 Å². The van der Waals surface area contributed by atoms with Gasteiger partial charge in [-0.2, -0.15) is 0 Å². The Kier molecular flexibility index (Phi) is 3.72. The first-order valence-electron chi connectivity index (χ1n) is 5.91. The van der Waals surface area contributed by atoms with Crippen molar-refractivity contribution in [3.8, 4) is 11.5 Å². The summed E-state index contributed by atoms with van der Waals surface area (Å²) in [5, 5.41) is 3.53. The van der Waals surface area contributed by atoms with E-state index in [1.807, 2.05) is 6.07 Å². The molecule has 0 spiro atoms. The van der Waals surface area contributed by atoms with E-state index in [-0.39, 0.29) is 12.6 Å². The van der Waals surface area contributed by atoms with Crippen molar-refractivity contribution < 1.29 is 13.9 Å². The molecule has 104 valence electrons. The number of rotatable bonds is 3. The Labute approximate surface area is 128 Å². The van der Waals surface area contributed by atoms with Crippen molar-refractivity contribution in [2.75, 3.05) is 12.1 Å². The Bertz CT molecular complexity index is 646. The summed E-state index contributed by atoms with van der Waals surface area (Å²) in [6.45, 7) is 0.598. The minimum Gasteiger partial charge on any atom is -0.454 e. The first kappa shape index (κ1) is 13.5. The molecular weight excluding hydrogens is 349 g/mol. The largest absolute Gasteiger partial charge is 0.454 e. The molecule has 3 rings (SSSR count). The normalized spacial score (nSPS) is 12.6. The van der Waals surface area contributed by atoms with Gasteiger partial charge in [0, 0.05) is 11.0 Å². The molecule has 20 heavy (non-hydrogen) atoms. The standard InChI is InChI=1S/C14H10BrClFNO2/c15-9-2-1-3-11(17)13(9)18-6-8-4-10(16)14-12(5-8)19-7-20-14/h1-5,18H,6-7H2. The Hall–Kier alpha value is -1.46. The topological polar surface area (TPSA) is 30.5 Å². The molecule has 0 atom stereocenters. The number of halogens is 3. The van der Waals surface area contributed by atoms with Gasteiger partial charge in [0.05, 0.1) is 10.7 Å². The fourth-order valence-electron chi connectivity index (χ4n) is 1.98. The van der Waals surface area contributed by atoms with Crippen LogP contribution in [-0.2, 0) is 6.54 Å². The maximum absolute atomic E-state index is 13.7. The summed E-state index contributed by atoms with van der Waals surface area (Å²) in [6, 6.07) is 8.42. The molecule has 0 bridgehead atoms. The van der Waals surface area contributed by atoms with Crippen LogP contribution in [0.5, 0.6) is 11.5 Å². The van der Waals surface area contributed by atoms with Gasteiger partial charge in [-0.1, -0.05) is 17.7 Å². The van der Waals surface area contributed by atoms with Gasteiger partial charge in [-0.3, -0.25) is 0 Å². The zero-order valence-corrected chi connectivity index (χ0v) is 12.6. The second kappa shape index (κ2) is 5.50. The van der Waals surface area contributed by atoms with Crippen molar-refractivity contribution in [3.05, 3.63) is 51.2 Å². The molecule has 6 heteroatoms. The summed E-state index contributed by atoms with van der Waals surface area (Å²) in [4.78, 5) is 0. The van der Waals surface area contributed by atoms with Crippen LogP contribution in [0, 0.1) is 5.82 Å². The van der Waals surface area contributed by atoms with E-state index in [1.165, 1.54) is 6.07 Å². The van der Waals surface area contributed by atoms with Gasteiger partial charge >= 0.3 is 0 Å². The molecule has 0 radical (unpaired) electrons. The van der Waals surface area contributed by atoms with Gasteiger partial charge in [-0.05, 0) is 45.8 Å². The van der Waals surface area contributed by atoms with Gasteiger partial charge in [-0.15, -0.1) is 0 Å². The van der Waals surface area contributed by atoms with Gasteiger partial charge in [0.1, 0.15) is 5.82 Å². The third-order valence-corrected chi connectivity index (χ3v) is 3.86. The van der Waals surface area contributed by atoms with Crippen LogP contribution >= 0.6 is 27.5 Å². The number of nitrogens with one attached hydrogen (secondary N) is 1. The third-order valence-electron chi connectivity index (χ3n) is 2.92. The predicted molar refractivity (Wildman–Crippen MR) is 79.0 cm³/mol. The highest BCUT2D eigenvalue weighted by Gasteiger charge is 2.18. The zero-order valence-electron chi connectivity index (χ0n) is 10.3. The van der Waals surface area contributed by atoms with Gasteiger partial charge in [0.2, 0.25) is 6.79 Å². The van der Waals surface area contributed by atoms with E-state index < -0.39 is 0 Å². The van der Waals surface area contributed by atoms with Crippen LogP contribution in [0.3, 0.4) is 0 Å².